The molecular weight excluding hydrogens is 262 g/mol. The van der Waals surface area contributed by atoms with Crippen LogP contribution in [0.4, 0.5) is 17.1 Å². The van der Waals surface area contributed by atoms with Crippen LogP contribution in [0.15, 0.2) is 36.4 Å². The van der Waals surface area contributed by atoms with Gasteiger partial charge in [0.1, 0.15) is 0 Å². The Bertz CT molecular complexity index is 678. The zero-order chi connectivity index (χ0) is 15.6. The van der Waals surface area contributed by atoms with Crippen molar-refractivity contribution in [2.24, 2.45) is 0 Å². The molecule has 0 aliphatic heterocycles. The SMILES string of the molecule is Cc1ccc(NC(=O)c2ccc(N(C)C)c(N)c2)cc1C. The van der Waals surface area contributed by atoms with Gasteiger partial charge in [-0.05, 0) is 55.3 Å². The average Bonchev–Trinajstić information content (AvgIpc) is 2.42. The molecule has 0 atom stereocenters. The molecule has 0 aliphatic rings. The summed E-state index contributed by atoms with van der Waals surface area (Å²) in [5.74, 6) is -0.157. The summed E-state index contributed by atoms with van der Waals surface area (Å²) in [6.07, 6.45) is 0. The molecule has 0 aromatic heterocycles. The molecule has 3 N–H and O–H groups in total. The third-order valence-corrected chi connectivity index (χ3v) is 3.54. The maximum atomic E-state index is 12.3. The third-order valence-electron chi connectivity index (χ3n) is 3.54. The fourth-order valence-corrected chi connectivity index (χ4v) is 2.13. The van der Waals surface area contributed by atoms with E-state index >= 15 is 0 Å². The van der Waals surface area contributed by atoms with Crippen molar-refractivity contribution in [2.75, 3.05) is 30.0 Å². The van der Waals surface area contributed by atoms with Gasteiger partial charge in [-0.15, -0.1) is 0 Å². The number of rotatable bonds is 3. The number of hydrogen-bond acceptors (Lipinski definition) is 3. The van der Waals surface area contributed by atoms with E-state index in [9.17, 15) is 4.79 Å². The van der Waals surface area contributed by atoms with Gasteiger partial charge in [0, 0.05) is 25.3 Å². The summed E-state index contributed by atoms with van der Waals surface area (Å²) >= 11 is 0. The fourth-order valence-electron chi connectivity index (χ4n) is 2.13. The molecule has 0 fully saturated rings. The quantitative estimate of drug-likeness (QED) is 0.850. The second kappa shape index (κ2) is 5.87. The first-order chi connectivity index (χ1) is 9.88. The molecule has 2 rings (SSSR count). The van der Waals surface area contributed by atoms with Crippen LogP contribution >= 0.6 is 0 Å². The van der Waals surface area contributed by atoms with Crippen LogP contribution in [0.5, 0.6) is 0 Å². The molecular formula is C17H21N3O. The van der Waals surface area contributed by atoms with Gasteiger partial charge >= 0.3 is 0 Å². The lowest BCUT2D eigenvalue weighted by Crippen LogP contribution is -2.15. The van der Waals surface area contributed by atoms with Gasteiger partial charge in [0.05, 0.1) is 11.4 Å². The van der Waals surface area contributed by atoms with E-state index in [4.69, 9.17) is 5.73 Å². The van der Waals surface area contributed by atoms with Crippen LogP contribution in [0.25, 0.3) is 0 Å². The number of nitrogen functional groups attached to an aromatic ring is 1. The van der Waals surface area contributed by atoms with Crippen LogP contribution in [0, 0.1) is 13.8 Å². The van der Waals surface area contributed by atoms with Crippen molar-refractivity contribution in [1.82, 2.24) is 0 Å². The molecule has 0 unspecified atom stereocenters. The minimum Gasteiger partial charge on any atom is -0.397 e. The number of amides is 1. The van der Waals surface area contributed by atoms with Crippen LogP contribution in [0.3, 0.4) is 0 Å². The molecule has 4 heteroatoms. The van der Waals surface area contributed by atoms with Gasteiger partial charge in [0.25, 0.3) is 5.91 Å². The number of aryl methyl sites for hydroxylation is 2. The van der Waals surface area contributed by atoms with Crippen LogP contribution in [-0.4, -0.2) is 20.0 Å². The minimum absolute atomic E-state index is 0.157. The number of nitrogens with one attached hydrogen (secondary N) is 1. The van der Waals surface area contributed by atoms with Crippen molar-refractivity contribution in [3.05, 3.63) is 53.1 Å². The zero-order valence-electron chi connectivity index (χ0n) is 12.9. The molecule has 21 heavy (non-hydrogen) atoms. The van der Waals surface area contributed by atoms with E-state index in [1.807, 2.05) is 57.1 Å². The van der Waals surface area contributed by atoms with Crippen LogP contribution in [0.2, 0.25) is 0 Å². The van der Waals surface area contributed by atoms with Crippen molar-refractivity contribution in [3.63, 3.8) is 0 Å². The molecule has 0 saturated carbocycles. The first kappa shape index (κ1) is 14.9. The highest BCUT2D eigenvalue weighted by Crippen LogP contribution is 2.23. The van der Waals surface area contributed by atoms with Gasteiger partial charge in [0.15, 0.2) is 0 Å². The van der Waals surface area contributed by atoms with Gasteiger partial charge in [-0.25, -0.2) is 0 Å². The first-order valence-electron chi connectivity index (χ1n) is 6.84. The maximum Gasteiger partial charge on any atom is 0.255 e. The van der Waals surface area contributed by atoms with Crippen molar-refractivity contribution in [2.45, 2.75) is 13.8 Å². The standard InChI is InChI=1S/C17H21N3O/c1-11-5-7-14(9-12(11)2)19-17(21)13-6-8-16(20(3)4)15(18)10-13/h5-10H,18H2,1-4H3,(H,19,21). The molecule has 1 amide bonds. The molecule has 4 nitrogen and oxygen atoms in total. The Balaban J connectivity index is 2.20. The number of nitrogens with two attached hydrogens (primary N) is 1. The highest BCUT2D eigenvalue weighted by atomic mass is 16.1. The molecule has 0 saturated heterocycles. The molecule has 2 aromatic carbocycles. The molecule has 0 bridgehead atoms. The Morgan fingerprint density at radius 1 is 1.05 bits per heavy atom. The molecule has 2 aromatic rings. The van der Waals surface area contributed by atoms with Crippen LogP contribution in [0.1, 0.15) is 21.5 Å². The van der Waals surface area contributed by atoms with E-state index in [2.05, 4.69) is 5.32 Å². The van der Waals surface area contributed by atoms with E-state index in [1.54, 1.807) is 12.1 Å². The summed E-state index contributed by atoms with van der Waals surface area (Å²) in [5.41, 5.74) is 11.2. The Labute approximate surface area is 125 Å². The first-order valence-corrected chi connectivity index (χ1v) is 6.84. The number of anilines is 3. The summed E-state index contributed by atoms with van der Waals surface area (Å²) in [7, 11) is 3.83. The largest absolute Gasteiger partial charge is 0.397 e. The Kier molecular flexibility index (Phi) is 4.17. The molecule has 0 spiro atoms. The van der Waals surface area contributed by atoms with Gasteiger partial charge in [-0.1, -0.05) is 6.07 Å². The van der Waals surface area contributed by atoms with Crippen LogP contribution < -0.4 is 16.0 Å². The molecule has 110 valence electrons. The summed E-state index contributed by atoms with van der Waals surface area (Å²) in [6.45, 7) is 4.07. The fraction of sp³-hybridized carbons (Fsp3) is 0.235. The van der Waals surface area contributed by atoms with Crippen LogP contribution in [-0.2, 0) is 0 Å². The normalized spacial score (nSPS) is 10.3. The Morgan fingerprint density at radius 3 is 2.33 bits per heavy atom. The summed E-state index contributed by atoms with van der Waals surface area (Å²) in [5, 5.41) is 2.89. The lowest BCUT2D eigenvalue weighted by molar-refractivity contribution is 0.102. The molecule has 0 heterocycles. The van der Waals surface area contributed by atoms with Gasteiger partial charge in [-0.2, -0.15) is 0 Å². The number of carbonyl (C=O) groups excluding carboxylic acids is 1. The monoisotopic (exact) mass is 283 g/mol. The summed E-state index contributed by atoms with van der Waals surface area (Å²) in [6, 6.07) is 11.2. The third kappa shape index (κ3) is 3.34. The van der Waals surface area contributed by atoms with E-state index in [1.165, 1.54) is 5.56 Å². The van der Waals surface area contributed by atoms with E-state index < -0.39 is 0 Å². The number of benzene rings is 2. The predicted octanol–water partition coefficient (Wildman–Crippen LogP) is 3.20. The second-order valence-electron chi connectivity index (χ2n) is 5.42. The summed E-state index contributed by atoms with van der Waals surface area (Å²) < 4.78 is 0. The van der Waals surface area contributed by atoms with Crippen molar-refractivity contribution in [3.8, 4) is 0 Å². The lowest BCUT2D eigenvalue weighted by Gasteiger charge is -2.16. The second-order valence-corrected chi connectivity index (χ2v) is 5.42. The Hall–Kier alpha value is -2.49. The van der Waals surface area contributed by atoms with Crippen molar-refractivity contribution < 1.29 is 4.79 Å². The maximum absolute atomic E-state index is 12.3. The highest BCUT2D eigenvalue weighted by Gasteiger charge is 2.10. The molecule has 0 aliphatic carbocycles. The van der Waals surface area contributed by atoms with E-state index in [-0.39, 0.29) is 5.91 Å². The van der Waals surface area contributed by atoms with Gasteiger partial charge in [-0.3, -0.25) is 4.79 Å². The summed E-state index contributed by atoms with van der Waals surface area (Å²) in [4.78, 5) is 14.2. The van der Waals surface area contributed by atoms with Gasteiger partial charge in [0.2, 0.25) is 0 Å². The molecule has 0 radical (unpaired) electrons. The highest BCUT2D eigenvalue weighted by molar-refractivity contribution is 6.05. The number of carbonyl (C=O) groups is 1. The number of nitrogens with zero attached hydrogens (tertiary/aromatic N) is 1. The van der Waals surface area contributed by atoms with E-state index in [0.29, 0.717) is 11.3 Å². The van der Waals surface area contributed by atoms with E-state index in [0.717, 1.165) is 16.9 Å². The van der Waals surface area contributed by atoms with Crippen molar-refractivity contribution >= 4 is 23.0 Å². The topological polar surface area (TPSA) is 58.4 Å². The number of hydrogen-bond donors (Lipinski definition) is 2. The Morgan fingerprint density at radius 2 is 1.76 bits per heavy atom. The van der Waals surface area contributed by atoms with Gasteiger partial charge < -0.3 is 16.0 Å². The lowest BCUT2D eigenvalue weighted by atomic mass is 10.1. The average molecular weight is 283 g/mol. The smallest absolute Gasteiger partial charge is 0.255 e. The zero-order valence-corrected chi connectivity index (χ0v) is 12.9. The minimum atomic E-state index is -0.157. The van der Waals surface area contributed by atoms with Crippen molar-refractivity contribution in [1.29, 1.82) is 0 Å². The predicted molar refractivity (Wildman–Crippen MR) is 89.1 cm³/mol.